The van der Waals surface area contributed by atoms with Gasteiger partial charge in [0.1, 0.15) is 0 Å². The summed E-state index contributed by atoms with van der Waals surface area (Å²) in [6.45, 7) is 9.29. The zero-order valence-electron chi connectivity index (χ0n) is 9.88. The van der Waals surface area contributed by atoms with Crippen molar-refractivity contribution >= 4 is 0 Å². The minimum Gasteiger partial charge on any atom is -0.301 e. The van der Waals surface area contributed by atoms with E-state index in [4.69, 9.17) is 0 Å². The Balaban J connectivity index is 2.21. The van der Waals surface area contributed by atoms with Gasteiger partial charge in [-0.15, -0.1) is 0 Å². The highest BCUT2D eigenvalue weighted by molar-refractivity contribution is 4.80. The number of rotatable bonds is 4. The molecule has 0 aromatic carbocycles. The predicted molar refractivity (Wildman–Crippen MR) is 58.9 cm³/mol. The third kappa shape index (κ3) is 2.98. The molecule has 0 aromatic heterocycles. The standard InChI is InChI=1S/C12H25N/c1-9(2)13(5)11(4)8-12-6-10(3)7-12/h9-12H,6-8H2,1-5H3. The number of hydrogen-bond acceptors (Lipinski definition) is 1. The number of hydrogen-bond donors (Lipinski definition) is 0. The Morgan fingerprint density at radius 2 is 1.77 bits per heavy atom. The van der Waals surface area contributed by atoms with Crippen molar-refractivity contribution in [2.24, 2.45) is 11.8 Å². The van der Waals surface area contributed by atoms with Crippen LogP contribution >= 0.6 is 0 Å². The van der Waals surface area contributed by atoms with Crippen LogP contribution in [0.15, 0.2) is 0 Å². The first-order valence-corrected chi connectivity index (χ1v) is 5.72. The van der Waals surface area contributed by atoms with Crippen LogP contribution in [0.5, 0.6) is 0 Å². The summed E-state index contributed by atoms with van der Waals surface area (Å²) in [6.07, 6.45) is 4.34. The van der Waals surface area contributed by atoms with E-state index in [0.717, 1.165) is 17.9 Å². The Hall–Kier alpha value is -0.0400. The monoisotopic (exact) mass is 183 g/mol. The second kappa shape index (κ2) is 4.45. The Kier molecular flexibility index (Phi) is 3.78. The summed E-state index contributed by atoms with van der Waals surface area (Å²) in [5, 5.41) is 0. The van der Waals surface area contributed by atoms with Crippen molar-refractivity contribution in [3.63, 3.8) is 0 Å². The van der Waals surface area contributed by atoms with E-state index in [2.05, 4.69) is 39.6 Å². The maximum Gasteiger partial charge on any atom is 0.00692 e. The fourth-order valence-electron chi connectivity index (χ4n) is 2.42. The Morgan fingerprint density at radius 1 is 1.23 bits per heavy atom. The van der Waals surface area contributed by atoms with Crippen LogP contribution in [0.1, 0.15) is 47.0 Å². The molecule has 0 aromatic rings. The smallest absolute Gasteiger partial charge is 0.00692 e. The SMILES string of the molecule is CC1CC(CC(C)N(C)C(C)C)C1. The molecule has 0 bridgehead atoms. The lowest BCUT2D eigenvalue weighted by Gasteiger charge is -2.38. The summed E-state index contributed by atoms with van der Waals surface area (Å²) >= 11 is 0. The van der Waals surface area contributed by atoms with E-state index in [1.54, 1.807) is 0 Å². The van der Waals surface area contributed by atoms with Gasteiger partial charge in [-0.1, -0.05) is 6.92 Å². The van der Waals surface area contributed by atoms with Crippen LogP contribution in [0.25, 0.3) is 0 Å². The van der Waals surface area contributed by atoms with E-state index < -0.39 is 0 Å². The molecule has 0 aliphatic heterocycles. The minimum atomic E-state index is 0.687. The van der Waals surface area contributed by atoms with Gasteiger partial charge in [-0.25, -0.2) is 0 Å². The highest BCUT2D eigenvalue weighted by Gasteiger charge is 2.27. The van der Waals surface area contributed by atoms with Crippen molar-refractivity contribution in [2.75, 3.05) is 7.05 Å². The van der Waals surface area contributed by atoms with Crippen LogP contribution in [-0.2, 0) is 0 Å². The van der Waals surface area contributed by atoms with Gasteiger partial charge in [-0.2, -0.15) is 0 Å². The average molecular weight is 183 g/mol. The van der Waals surface area contributed by atoms with E-state index >= 15 is 0 Å². The maximum absolute atomic E-state index is 2.49. The first-order valence-electron chi connectivity index (χ1n) is 5.72. The van der Waals surface area contributed by atoms with E-state index in [-0.39, 0.29) is 0 Å². The topological polar surface area (TPSA) is 3.24 Å². The van der Waals surface area contributed by atoms with Gasteiger partial charge in [0.2, 0.25) is 0 Å². The summed E-state index contributed by atoms with van der Waals surface area (Å²) in [7, 11) is 2.25. The quantitative estimate of drug-likeness (QED) is 0.647. The molecule has 1 unspecified atom stereocenters. The van der Waals surface area contributed by atoms with Crippen molar-refractivity contribution in [1.82, 2.24) is 4.90 Å². The Labute approximate surface area is 83.5 Å². The molecule has 0 N–H and O–H groups in total. The highest BCUT2D eigenvalue weighted by Crippen LogP contribution is 2.36. The van der Waals surface area contributed by atoms with Crippen molar-refractivity contribution < 1.29 is 0 Å². The summed E-state index contributed by atoms with van der Waals surface area (Å²) in [6, 6.07) is 1.45. The lowest BCUT2D eigenvalue weighted by Crippen LogP contribution is -2.38. The van der Waals surface area contributed by atoms with Gasteiger partial charge in [0, 0.05) is 12.1 Å². The van der Waals surface area contributed by atoms with E-state index in [0.29, 0.717) is 6.04 Å². The summed E-state index contributed by atoms with van der Waals surface area (Å²) in [5.41, 5.74) is 0. The van der Waals surface area contributed by atoms with Crippen LogP contribution < -0.4 is 0 Å². The highest BCUT2D eigenvalue weighted by atomic mass is 15.1. The molecule has 1 atom stereocenters. The van der Waals surface area contributed by atoms with E-state index in [1.807, 2.05) is 0 Å². The summed E-state index contributed by atoms with van der Waals surface area (Å²) in [5.74, 6) is 2.02. The Bertz CT molecular complexity index is 147. The van der Waals surface area contributed by atoms with Crippen LogP contribution in [0, 0.1) is 11.8 Å². The molecule has 1 aliphatic carbocycles. The summed E-state index contributed by atoms with van der Waals surface area (Å²) < 4.78 is 0. The van der Waals surface area contributed by atoms with Crippen molar-refractivity contribution in [3.8, 4) is 0 Å². The lowest BCUT2D eigenvalue weighted by atomic mass is 9.73. The van der Waals surface area contributed by atoms with E-state index in [9.17, 15) is 0 Å². The van der Waals surface area contributed by atoms with Crippen molar-refractivity contribution in [3.05, 3.63) is 0 Å². The van der Waals surface area contributed by atoms with Crippen molar-refractivity contribution in [1.29, 1.82) is 0 Å². The second-order valence-corrected chi connectivity index (χ2v) is 5.29. The molecule has 1 aliphatic rings. The minimum absolute atomic E-state index is 0.687. The fraction of sp³-hybridized carbons (Fsp3) is 1.00. The molecule has 78 valence electrons. The van der Waals surface area contributed by atoms with Gasteiger partial charge in [-0.3, -0.25) is 0 Å². The molecule has 0 radical (unpaired) electrons. The molecule has 1 heteroatoms. The number of nitrogens with zero attached hydrogens (tertiary/aromatic N) is 1. The van der Waals surface area contributed by atoms with Gasteiger partial charge in [0.25, 0.3) is 0 Å². The summed E-state index contributed by atoms with van der Waals surface area (Å²) in [4.78, 5) is 2.49. The fourth-order valence-corrected chi connectivity index (χ4v) is 2.42. The van der Waals surface area contributed by atoms with Gasteiger partial charge in [0.15, 0.2) is 0 Å². The molecule has 1 fully saturated rings. The van der Waals surface area contributed by atoms with Crippen LogP contribution in [0.4, 0.5) is 0 Å². The van der Waals surface area contributed by atoms with Crippen LogP contribution in [0.2, 0.25) is 0 Å². The van der Waals surface area contributed by atoms with Crippen LogP contribution in [0.3, 0.4) is 0 Å². The zero-order chi connectivity index (χ0) is 10.0. The van der Waals surface area contributed by atoms with Gasteiger partial charge in [-0.05, 0) is 58.9 Å². The molecule has 1 saturated carbocycles. The molecular formula is C12H25N. The second-order valence-electron chi connectivity index (χ2n) is 5.29. The van der Waals surface area contributed by atoms with Crippen molar-refractivity contribution in [2.45, 2.75) is 59.0 Å². The van der Waals surface area contributed by atoms with Gasteiger partial charge in [0.05, 0.1) is 0 Å². The van der Waals surface area contributed by atoms with Gasteiger partial charge >= 0.3 is 0 Å². The zero-order valence-corrected chi connectivity index (χ0v) is 9.88. The predicted octanol–water partition coefficient (Wildman–Crippen LogP) is 3.15. The largest absolute Gasteiger partial charge is 0.301 e. The third-order valence-electron chi connectivity index (χ3n) is 3.66. The van der Waals surface area contributed by atoms with E-state index in [1.165, 1.54) is 19.3 Å². The molecule has 0 amide bonds. The first-order chi connectivity index (χ1) is 6.00. The molecule has 0 saturated heterocycles. The molecule has 1 rings (SSSR count). The molecule has 0 heterocycles. The van der Waals surface area contributed by atoms with Crippen LogP contribution in [-0.4, -0.2) is 24.0 Å². The third-order valence-corrected chi connectivity index (χ3v) is 3.66. The molecular weight excluding hydrogens is 158 g/mol. The average Bonchev–Trinajstić information content (AvgIpc) is 2.00. The molecule has 1 nitrogen and oxygen atoms in total. The normalized spacial score (nSPS) is 30.7. The Morgan fingerprint density at radius 3 is 2.15 bits per heavy atom. The lowest BCUT2D eigenvalue weighted by molar-refractivity contribution is 0.124. The van der Waals surface area contributed by atoms with Gasteiger partial charge < -0.3 is 4.90 Å². The maximum atomic E-state index is 2.49. The molecule has 0 spiro atoms. The molecule has 13 heavy (non-hydrogen) atoms. The first kappa shape index (κ1) is 11.0.